The second-order valence-corrected chi connectivity index (χ2v) is 8.17. The van der Waals surface area contributed by atoms with Gasteiger partial charge in [0.2, 0.25) is 0 Å². The van der Waals surface area contributed by atoms with Crippen molar-refractivity contribution in [2.45, 2.75) is 11.1 Å². The standard InChI is InChI=1S/C11H9BrN2O4S2/c1-6-2-9(19-10(6)12)20(17,18)14-8-3-7(11(15)16)4-13-5-8/h2-5,14H,1H3,(H,15,16). The number of aryl methyl sites for hydroxylation is 1. The van der Waals surface area contributed by atoms with Gasteiger partial charge in [0.25, 0.3) is 10.0 Å². The molecule has 106 valence electrons. The number of carboxylic acids is 1. The predicted octanol–water partition coefficient (Wildman–Crippen LogP) is 2.71. The first-order valence-corrected chi connectivity index (χ1v) is 8.36. The van der Waals surface area contributed by atoms with E-state index in [-0.39, 0.29) is 15.5 Å². The summed E-state index contributed by atoms with van der Waals surface area (Å²) < 4.78 is 27.5. The van der Waals surface area contributed by atoms with Crippen molar-refractivity contribution in [2.24, 2.45) is 0 Å². The van der Waals surface area contributed by atoms with E-state index in [0.29, 0.717) is 0 Å². The van der Waals surface area contributed by atoms with E-state index >= 15 is 0 Å². The van der Waals surface area contributed by atoms with Crippen molar-refractivity contribution in [2.75, 3.05) is 4.72 Å². The zero-order chi connectivity index (χ0) is 14.9. The van der Waals surface area contributed by atoms with Crippen molar-refractivity contribution in [1.82, 2.24) is 4.98 Å². The number of carbonyl (C=O) groups is 1. The number of thiophene rings is 1. The SMILES string of the molecule is Cc1cc(S(=O)(=O)Nc2cncc(C(=O)O)c2)sc1Br. The Morgan fingerprint density at radius 1 is 1.40 bits per heavy atom. The number of carboxylic acid groups (broad SMARTS) is 1. The van der Waals surface area contributed by atoms with E-state index in [1.54, 1.807) is 6.92 Å². The van der Waals surface area contributed by atoms with Crippen LogP contribution in [0.5, 0.6) is 0 Å². The molecule has 6 nitrogen and oxygen atoms in total. The largest absolute Gasteiger partial charge is 0.478 e. The van der Waals surface area contributed by atoms with Crippen molar-refractivity contribution >= 4 is 48.9 Å². The van der Waals surface area contributed by atoms with Crippen molar-refractivity contribution in [3.63, 3.8) is 0 Å². The minimum atomic E-state index is -3.75. The fourth-order valence-corrected chi connectivity index (χ4v) is 4.64. The average molecular weight is 377 g/mol. The van der Waals surface area contributed by atoms with E-state index in [2.05, 4.69) is 25.6 Å². The van der Waals surface area contributed by atoms with Gasteiger partial charge in [0.15, 0.2) is 0 Å². The Balaban J connectivity index is 2.33. The van der Waals surface area contributed by atoms with Crippen LogP contribution in [0.2, 0.25) is 0 Å². The van der Waals surface area contributed by atoms with E-state index in [0.717, 1.165) is 26.9 Å². The lowest BCUT2D eigenvalue weighted by Gasteiger charge is -2.06. The summed E-state index contributed by atoms with van der Waals surface area (Å²) in [7, 11) is -3.75. The first-order chi connectivity index (χ1) is 9.29. The third-order valence-electron chi connectivity index (χ3n) is 2.34. The minimum Gasteiger partial charge on any atom is -0.478 e. The molecule has 20 heavy (non-hydrogen) atoms. The number of sulfonamides is 1. The molecule has 0 unspecified atom stereocenters. The molecule has 0 atom stereocenters. The van der Waals surface area contributed by atoms with Crippen LogP contribution in [0, 0.1) is 6.92 Å². The third kappa shape index (κ3) is 3.17. The Morgan fingerprint density at radius 3 is 2.65 bits per heavy atom. The normalized spacial score (nSPS) is 11.3. The van der Waals surface area contributed by atoms with Gasteiger partial charge in [0, 0.05) is 6.20 Å². The molecule has 0 aromatic carbocycles. The molecule has 0 fully saturated rings. The summed E-state index contributed by atoms with van der Waals surface area (Å²) >= 11 is 4.34. The quantitative estimate of drug-likeness (QED) is 0.854. The number of rotatable bonds is 4. The van der Waals surface area contributed by atoms with Gasteiger partial charge in [-0.25, -0.2) is 13.2 Å². The summed E-state index contributed by atoms with van der Waals surface area (Å²) in [6.45, 7) is 1.78. The van der Waals surface area contributed by atoms with Crippen LogP contribution < -0.4 is 4.72 Å². The zero-order valence-electron chi connectivity index (χ0n) is 10.1. The van der Waals surface area contributed by atoms with Gasteiger partial charge < -0.3 is 5.11 Å². The fraction of sp³-hybridized carbons (Fsp3) is 0.0909. The van der Waals surface area contributed by atoms with Crippen LogP contribution in [0.4, 0.5) is 5.69 Å². The Bertz CT molecular complexity index is 751. The molecular formula is C11H9BrN2O4S2. The van der Waals surface area contributed by atoms with Gasteiger partial charge in [0.1, 0.15) is 4.21 Å². The highest BCUT2D eigenvalue weighted by Crippen LogP contribution is 2.31. The average Bonchev–Trinajstić information content (AvgIpc) is 2.70. The summed E-state index contributed by atoms with van der Waals surface area (Å²) in [4.78, 5) is 14.5. The molecule has 0 saturated carbocycles. The lowest BCUT2D eigenvalue weighted by atomic mass is 10.3. The summed E-state index contributed by atoms with van der Waals surface area (Å²) in [6, 6.07) is 2.74. The summed E-state index contributed by atoms with van der Waals surface area (Å²) in [5, 5.41) is 8.84. The van der Waals surface area contributed by atoms with Crippen LogP contribution in [-0.2, 0) is 10.0 Å². The second kappa shape index (κ2) is 5.51. The van der Waals surface area contributed by atoms with Crippen molar-refractivity contribution in [1.29, 1.82) is 0 Å². The number of anilines is 1. The summed E-state index contributed by atoms with van der Waals surface area (Å²) in [6.07, 6.45) is 2.39. The van der Waals surface area contributed by atoms with Crippen LogP contribution in [0.3, 0.4) is 0 Å². The van der Waals surface area contributed by atoms with Gasteiger partial charge in [-0.2, -0.15) is 0 Å². The monoisotopic (exact) mass is 376 g/mol. The number of pyridine rings is 1. The molecule has 0 bridgehead atoms. The first kappa shape index (κ1) is 14.9. The number of aromatic nitrogens is 1. The maximum Gasteiger partial charge on any atom is 0.337 e. The van der Waals surface area contributed by atoms with Gasteiger partial charge in [0.05, 0.1) is 21.2 Å². The van der Waals surface area contributed by atoms with Crippen molar-refractivity contribution in [3.8, 4) is 0 Å². The van der Waals surface area contributed by atoms with Crippen LogP contribution in [0.1, 0.15) is 15.9 Å². The van der Waals surface area contributed by atoms with Crippen LogP contribution in [0.25, 0.3) is 0 Å². The molecule has 0 spiro atoms. The van der Waals surface area contributed by atoms with Gasteiger partial charge in [-0.1, -0.05) is 0 Å². The first-order valence-electron chi connectivity index (χ1n) is 5.26. The van der Waals surface area contributed by atoms with E-state index in [9.17, 15) is 13.2 Å². The molecule has 9 heteroatoms. The molecule has 0 saturated heterocycles. The molecule has 0 amide bonds. The molecule has 2 N–H and O–H groups in total. The second-order valence-electron chi connectivity index (χ2n) is 3.90. The lowest BCUT2D eigenvalue weighted by molar-refractivity contribution is 0.0696. The van der Waals surface area contributed by atoms with Gasteiger partial charge in [-0.05, 0) is 40.5 Å². The van der Waals surface area contributed by atoms with Gasteiger partial charge in [-0.3, -0.25) is 9.71 Å². The number of nitrogens with one attached hydrogen (secondary N) is 1. The van der Waals surface area contributed by atoms with E-state index in [1.807, 2.05) is 0 Å². The minimum absolute atomic E-state index is 0.0891. The van der Waals surface area contributed by atoms with Gasteiger partial charge >= 0.3 is 5.97 Å². The molecule has 2 heterocycles. The lowest BCUT2D eigenvalue weighted by Crippen LogP contribution is -2.12. The van der Waals surface area contributed by atoms with E-state index < -0.39 is 16.0 Å². The molecule has 2 aromatic heterocycles. The number of aromatic carboxylic acids is 1. The molecule has 2 rings (SSSR count). The number of hydrogen-bond acceptors (Lipinski definition) is 5. The predicted molar refractivity (Wildman–Crippen MR) is 78.8 cm³/mol. The molecule has 0 aliphatic carbocycles. The molecule has 0 aliphatic heterocycles. The van der Waals surface area contributed by atoms with Crippen LogP contribution in [-0.4, -0.2) is 24.5 Å². The highest BCUT2D eigenvalue weighted by atomic mass is 79.9. The van der Waals surface area contributed by atoms with E-state index in [4.69, 9.17) is 5.11 Å². The Labute approximate surface area is 127 Å². The van der Waals surface area contributed by atoms with Crippen LogP contribution >= 0.6 is 27.3 Å². The third-order valence-corrected chi connectivity index (χ3v) is 6.33. The van der Waals surface area contributed by atoms with E-state index in [1.165, 1.54) is 18.3 Å². The Morgan fingerprint density at radius 2 is 2.10 bits per heavy atom. The number of nitrogens with zero attached hydrogens (tertiary/aromatic N) is 1. The topological polar surface area (TPSA) is 96.4 Å². The van der Waals surface area contributed by atoms with Crippen molar-refractivity contribution in [3.05, 3.63) is 39.4 Å². The maximum absolute atomic E-state index is 12.2. The number of halogens is 1. The Kier molecular flexibility index (Phi) is 4.11. The zero-order valence-corrected chi connectivity index (χ0v) is 13.3. The highest BCUT2D eigenvalue weighted by Gasteiger charge is 2.19. The Hall–Kier alpha value is -1.45. The van der Waals surface area contributed by atoms with Crippen molar-refractivity contribution < 1.29 is 18.3 Å². The van der Waals surface area contributed by atoms with Gasteiger partial charge in [-0.15, -0.1) is 11.3 Å². The smallest absolute Gasteiger partial charge is 0.337 e. The number of hydrogen-bond donors (Lipinski definition) is 2. The summed E-state index contributed by atoms with van der Waals surface area (Å²) in [5.41, 5.74) is 0.827. The molecule has 0 radical (unpaired) electrons. The summed E-state index contributed by atoms with van der Waals surface area (Å²) in [5.74, 6) is -1.17. The van der Waals surface area contributed by atoms with Crippen LogP contribution in [0.15, 0.2) is 32.5 Å². The highest BCUT2D eigenvalue weighted by molar-refractivity contribution is 9.11. The fourth-order valence-electron chi connectivity index (χ4n) is 1.38. The molecule has 2 aromatic rings. The molecular weight excluding hydrogens is 368 g/mol. The molecule has 0 aliphatic rings. The maximum atomic E-state index is 12.2.